The number of nitrogens with one attached hydrogen (secondary N) is 1. The van der Waals surface area contributed by atoms with Gasteiger partial charge in [0.15, 0.2) is 5.82 Å². The predicted molar refractivity (Wildman–Crippen MR) is 116 cm³/mol. The molecule has 2 amide bonds. The van der Waals surface area contributed by atoms with E-state index in [9.17, 15) is 35.6 Å². The summed E-state index contributed by atoms with van der Waals surface area (Å²) < 4.78 is 84.5. The number of alkyl halides is 3. The number of carbonyl (C=O) groups is 2. The molecule has 35 heavy (non-hydrogen) atoms. The molecule has 14 heteroatoms. The fraction of sp³-hybridized carbons (Fsp3) is 0.571. The van der Waals surface area contributed by atoms with E-state index in [0.717, 1.165) is 10.5 Å². The van der Waals surface area contributed by atoms with Crippen molar-refractivity contribution in [3.63, 3.8) is 0 Å². The zero-order chi connectivity index (χ0) is 26.2. The Morgan fingerprint density at radius 2 is 1.89 bits per heavy atom. The van der Waals surface area contributed by atoms with E-state index in [2.05, 4.69) is 16.8 Å². The summed E-state index contributed by atoms with van der Waals surface area (Å²) >= 11 is 0. The zero-order valence-corrected chi connectivity index (χ0v) is 20.0. The Hall–Kier alpha value is -2.92. The average Bonchev–Trinajstić information content (AvgIpc) is 2.83. The highest BCUT2D eigenvalue weighted by atomic mass is 32.2. The number of aromatic nitrogens is 1. The minimum Gasteiger partial charge on any atom is -0.444 e. The van der Waals surface area contributed by atoms with Crippen molar-refractivity contribution in [1.29, 1.82) is 0 Å². The van der Waals surface area contributed by atoms with Crippen molar-refractivity contribution in [2.24, 2.45) is 0 Å². The van der Waals surface area contributed by atoms with Gasteiger partial charge in [-0.25, -0.2) is 17.6 Å². The summed E-state index contributed by atoms with van der Waals surface area (Å²) in [7, 11) is -3.76. The number of sulfonamides is 1. The summed E-state index contributed by atoms with van der Waals surface area (Å²) in [6.07, 6.45) is -3.69. The maximum atomic E-state index is 14.4. The normalized spacial score (nSPS) is 24.0. The number of amides is 2. The van der Waals surface area contributed by atoms with E-state index >= 15 is 0 Å². The van der Waals surface area contributed by atoms with Gasteiger partial charge >= 0.3 is 18.2 Å². The van der Waals surface area contributed by atoms with Gasteiger partial charge in [0.05, 0.1) is 35.9 Å². The summed E-state index contributed by atoms with van der Waals surface area (Å²) in [6, 6.07) is -1.58. The molecule has 0 spiro atoms. The first kappa shape index (κ1) is 26.7. The Balaban J connectivity index is 1.98. The third kappa shape index (κ3) is 6.40. The number of halogens is 4. The average molecular weight is 521 g/mol. The van der Waals surface area contributed by atoms with Gasteiger partial charge in [0, 0.05) is 12.6 Å². The predicted octanol–water partition coefficient (Wildman–Crippen LogP) is 2.49. The molecule has 192 valence electrons. The summed E-state index contributed by atoms with van der Waals surface area (Å²) in [5, 5.41) is 1.52. The number of anilines is 1. The van der Waals surface area contributed by atoms with Gasteiger partial charge in [0.25, 0.3) is 0 Å². The highest BCUT2D eigenvalue weighted by Gasteiger charge is 2.44. The lowest BCUT2D eigenvalue weighted by Gasteiger charge is -2.42. The van der Waals surface area contributed by atoms with Crippen LogP contribution in [-0.4, -0.2) is 77.3 Å². The van der Waals surface area contributed by atoms with Crippen molar-refractivity contribution in [3.05, 3.63) is 23.8 Å². The smallest absolute Gasteiger partial charge is 0.444 e. The van der Waals surface area contributed by atoms with Gasteiger partial charge in [-0.2, -0.15) is 17.5 Å². The molecule has 2 saturated heterocycles. The van der Waals surface area contributed by atoms with Crippen LogP contribution in [0.2, 0.25) is 0 Å². The summed E-state index contributed by atoms with van der Waals surface area (Å²) in [5.41, 5.74) is -2.04. The Labute approximate surface area is 199 Å². The molecule has 2 aliphatic heterocycles. The third-order valence-corrected chi connectivity index (χ3v) is 7.17. The molecule has 2 bridgehead atoms. The molecule has 3 atom stereocenters. The number of ether oxygens (including phenoxy) is 1. The Bertz CT molecular complexity index is 1170. The van der Waals surface area contributed by atoms with E-state index < -0.39 is 63.0 Å². The highest BCUT2D eigenvalue weighted by molar-refractivity contribution is 7.89. The maximum Gasteiger partial charge on any atom is 0.471 e. The molecule has 3 unspecified atom stereocenters. The fourth-order valence-corrected chi connectivity index (χ4v) is 5.37. The van der Waals surface area contributed by atoms with Gasteiger partial charge in [-0.1, -0.05) is 11.8 Å². The molecule has 0 aromatic carbocycles. The zero-order valence-electron chi connectivity index (χ0n) is 19.1. The standard InChI is InChI=1S/C21H24F4N4O5S/c1-20(2,3)34-19(31)28-11-14(29-12-13(28)5-4-8-35(29,32)33)6-7-15-16(22)9-26-10-17(15)27-18(30)21(23,24)25/h9-10,13-14H,4-5,8,11-12H2,1-3H3,(H,27,30). The van der Waals surface area contributed by atoms with Crippen LogP contribution in [0.1, 0.15) is 39.2 Å². The molecule has 0 aliphatic carbocycles. The Morgan fingerprint density at radius 1 is 1.20 bits per heavy atom. The summed E-state index contributed by atoms with van der Waals surface area (Å²) in [6.45, 7) is 4.79. The second-order valence-corrected chi connectivity index (χ2v) is 11.1. The molecule has 3 heterocycles. The number of hydrogen-bond acceptors (Lipinski definition) is 6. The molecule has 3 rings (SSSR count). The largest absolute Gasteiger partial charge is 0.471 e. The second kappa shape index (κ2) is 9.62. The highest BCUT2D eigenvalue weighted by Crippen LogP contribution is 2.28. The first-order valence-corrected chi connectivity index (χ1v) is 12.2. The van der Waals surface area contributed by atoms with Crippen LogP contribution < -0.4 is 5.32 Å². The molecule has 1 N–H and O–H groups in total. The molecular weight excluding hydrogens is 496 g/mol. The first-order chi connectivity index (χ1) is 16.1. The van der Waals surface area contributed by atoms with Gasteiger partial charge in [-0.3, -0.25) is 9.78 Å². The molecule has 1 aromatic heterocycles. The SMILES string of the molecule is CC(C)(C)OC(=O)N1CC(C#Cc2c(F)cncc2NC(=O)C(F)(F)F)N2CC1CCCS2(=O)=O. The molecule has 1 aromatic rings. The summed E-state index contributed by atoms with van der Waals surface area (Å²) in [5.74, 6) is 1.27. The van der Waals surface area contributed by atoms with Crippen LogP contribution in [0.25, 0.3) is 0 Å². The number of hydrogen-bond donors (Lipinski definition) is 1. The van der Waals surface area contributed by atoms with Gasteiger partial charge in [-0.15, -0.1) is 0 Å². The lowest BCUT2D eigenvalue weighted by Crippen LogP contribution is -2.60. The number of rotatable bonds is 1. The van der Waals surface area contributed by atoms with Gasteiger partial charge < -0.3 is 15.0 Å². The lowest BCUT2D eigenvalue weighted by atomic mass is 10.0. The number of fused-ring (bicyclic) bond motifs is 2. The minimum absolute atomic E-state index is 0.0581. The molecule has 9 nitrogen and oxygen atoms in total. The van der Waals surface area contributed by atoms with Crippen LogP contribution in [0.3, 0.4) is 0 Å². The fourth-order valence-electron chi connectivity index (χ4n) is 3.70. The molecule has 0 radical (unpaired) electrons. The van der Waals surface area contributed by atoms with Crippen molar-refractivity contribution in [1.82, 2.24) is 14.2 Å². The quantitative estimate of drug-likeness (QED) is 0.450. The summed E-state index contributed by atoms with van der Waals surface area (Å²) in [4.78, 5) is 28.9. The number of nitrogens with zero attached hydrogens (tertiary/aromatic N) is 3. The van der Waals surface area contributed by atoms with Crippen molar-refractivity contribution in [2.75, 3.05) is 24.2 Å². The van der Waals surface area contributed by atoms with Gasteiger partial charge in [0.2, 0.25) is 10.0 Å². The third-order valence-electron chi connectivity index (χ3n) is 5.24. The number of pyridine rings is 1. The van der Waals surface area contributed by atoms with Crippen molar-refractivity contribution < 1.29 is 40.3 Å². The molecule has 2 fully saturated rings. The maximum absolute atomic E-state index is 14.4. The van der Waals surface area contributed by atoms with Gasteiger partial charge in [0.1, 0.15) is 11.6 Å². The van der Waals surface area contributed by atoms with E-state index in [-0.39, 0.29) is 18.8 Å². The van der Waals surface area contributed by atoms with Crippen molar-refractivity contribution in [3.8, 4) is 11.8 Å². The van der Waals surface area contributed by atoms with E-state index in [1.807, 2.05) is 0 Å². The monoisotopic (exact) mass is 520 g/mol. The molecule has 0 saturated carbocycles. The molecular formula is C21H24F4N4O5S. The second-order valence-electron chi connectivity index (χ2n) is 9.10. The number of carbonyl (C=O) groups excluding carboxylic acids is 2. The Kier molecular flexibility index (Phi) is 7.33. The van der Waals surface area contributed by atoms with E-state index in [1.165, 1.54) is 10.2 Å². The van der Waals surface area contributed by atoms with Crippen molar-refractivity contribution in [2.45, 2.75) is 57.5 Å². The lowest BCUT2D eigenvalue weighted by molar-refractivity contribution is -0.167. The Morgan fingerprint density at radius 3 is 2.51 bits per heavy atom. The first-order valence-electron chi connectivity index (χ1n) is 10.6. The van der Waals surface area contributed by atoms with Crippen LogP contribution in [0.5, 0.6) is 0 Å². The van der Waals surface area contributed by atoms with Gasteiger partial charge in [-0.05, 0) is 33.6 Å². The minimum atomic E-state index is -5.23. The van der Waals surface area contributed by atoms with E-state index in [1.54, 1.807) is 20.8 Å². The topological polar surface area (TPSA) is 109 Å². The van der Waals surface area contributed by atoms with E-state index in [4.69, 9.17) is 4.74 Å². The van der Waals surface area contributed by atoms with Crippen LogP contribution in [0.4, 0.5) is 28.0 Å². The van der Waals surface area contributed by atoms with Crippen LogP contribution in [-0.2, 0) is 19.6 Å². The van der Waals surface area contributed by atoms with Crippen molar-refractivity contribution >= 4 is 27.7 Å². The number of piperazine rings is 1. The van der Waals surface area contributed by atoms with Crippen LogP contribution in [0, 0.1) is 17.7 Å². The van der Waals surface area contributed by atoms with E-state index in [0.29, 0.717) is 19.0 Å². The molecule has 2 aliphatic rings. The van der Waals surface area contributed by atoms with Crippen LogP contribution >= 0.6 is 0 Å². The van der Waals surface area contributed by atoms with Crippen LogP contribution in [0.15, 0.2) is 12.4 Å².